The highest BCUT2D eigenvalue weighted by Gasteiger charge is 2.79. The summed E-state index contributed by atoms with van der Waals surface area (Å²) >= 11 is 3.71. The van der Waals surface area contributed by atoms with Crippen molar-refractivity contribution in [1.82, 2.24) is 5.23 Å². The Balaban J connectivity index is 1.65. The zero-order chi connectivity index (χ0) is 18.8. The fourth-order valence-electron chi connectivity index (χ4n) is 4.57. The van der Waals surface area contributed by atoms with E-state index in [2.05, 4.69) is 22.0 Å². The maximum atomic E-state index is 11.8. The molecule has 0 bridgehead atoms. The fourth-order valence-corrected chi connectivity index (χ4v) is 5.60. The first kappa shape index (κ1) is 18.0. The van der Waals surface area contributed by atoms with Crippen LogP contribution in [0.5, 0.6) is 0 Å². The normalized spacial score (nSPS) is 36.4. The Kier molecular flexibility index (Phi) is 3.87. The van der Waals surface area contributed by atoms with E-state index in [4.69, 9.17) is 14.9 Å². The van der Waals surface area contributed by atoms with Crippen LogP contribution >= 0.6 is 15.9 Å². The van der Waals surface area contributed by atoms with Gasteiger partial charge in [0.1, 0.15) is 27.5 Å². The van der Waals surface area contributed by atoms with Crippen molar-refractivity contribution >= 4 is 15.9 Å². The lowest BCUT2D eigenvalue weighted by Gasteiger charge is -2.56. The first-order valence-electron chi connectivity index (χ1n) is 8.77. The Morgan fingerprint density at radius 3 is 2.12 bits per heavy atom. The van der Waals surface area contributed by atoms with Crippen LogP contribution in [-0.2, 0) is 9.68 Å². The Bertz CT molecular complexity index is 681. The third kappa shape index (κ3) is 2.19. The van der Waals surface area contributed by atoms with Crippen LogP contribution in [0.1, 0.15) is 57.8 Å². The molecule has 0 N–H and O–H groups in total. The fraction of sp³-hybridized carbons (Fsp3) is 0.933. The zero-order valence-corrected chi connectivity index (χ0v) is 15.6. The molecule has 1 aliphatic heterocycles. The average molecular weight is 431 g/mol. The van der Waals surface area contributed by atoms with Gasteiger partial charge in [-0.3, -0.25) is 29.9 Å². The Labute approximate surface area is 157 Å². The van der Waals surface area contributed by atoms with Crippen LogP contribution in [0, 0.1) is 37.5 Å². The molecule has 26 heavy (non-hydrogen) atoms. The molecule has 0 aromatic rings. The number of alkyl halides is 1. The number of rotatable bonds is 5. The number of hydrogen-bond donors (Lipinski definition) is 0. The van der Waals surface area contributed by atoms with Gasteiger partial charge >= 0.3 is 5.79 Å². The van der Waals surface area contributed by atoms with Crippen LogP contribution in [0.4, 0.5) is 0 Å². The molecule has 0 unspecified atom stereocenters. The number of nitriles is 1. The van der Waals surface area contributed by atoms with Crippen molar-refractivity contribution < 1.29 is 19.5 Å². The summed E-state index contributed by atoms with van der Waals surface area (Å²) in [6, 6.07) is 2.08. The molecule has 1 heterocycles. The van der Waals surface area contributed by atoms with E-state index in [1.54, 1.807) is 0 Å². The lowest BCUT2D eigenvalue weighted by molar-refractivity contribution is -0.853. The lowest BCUT2D eigenvalue weighted by Crippen LogP contribution is -2.66. The summed E-state index contributed by atoms with van der Waals surface area (Å²) in [6.07, 6.45) is 4.99. The first-order chi connectivity index (χ1) is 12.2. The Morgan fingerprint density at radius 2 is 1.73 bits per heavy atom. The molecule has 3 aliphatic carbocycles. The lowest BCUT2D eigenvalue weighted by atomic mass is 9.63. The summed E-state index contributed by atoms with van der Waals surface area (Å²) in [5.41, 5.74) is -1.81. The van der Waals surface area contributed by atoms with Crippen LogP contribution in [0.2, 0.25) is 0 Å². The van der Waals surface area contributed by atoms with Crippen molar-refractivity contribution in [3.63, 3.8) is 0 Å². The van der Waals surface area contributed by atoms with Crippen molar-refractivity contribution in [3.05, 3.63) is 20.2 Å². The summed E-state index contributed by atoms with van der Waals surface area (Å²) in [5.74, 6) is -2.99. The highest BCUT2D eigenvalue weighted by atomic mass is 79.9. The summed E-state index contributed by atoms with van der Waals surface area (Å²) in [4.78, 5) is 33.3. The van der Waals surface area contributed by atoms with Gasteiger partial charge in [-0.05, 0) is 44.9 Å². The van der Waals surface area contributed by atoms with Gasteiger partial charge in [0.05, 0.1) is 21.5 Å². The molecular formula is C15H19BrN4O6. The average Bonchev–Trinajstić information content (AvgIpc) is 2.83. The molecule has 4 fully saturated rings. The topological polar surface area (TPSA) is 132 Å². The molecule has 4 rings (SSSR count). The zero-order valence-electron chi connectivity index (χ0n) is 14.1. The quantitative estimate of drug-likeness (QED) is 0.281. The minimum Gasteiger partial charge on any atom is -0.257 e. The van der Waals surface area contributed by atoms with Crippen molar-refractivity contribution in [2.24, 2.45) is 5.92 Å². The maximum Gasteiger partial charge on any atom is 0.569 e. The second-order valence-electron chi connectivity index (χ2n) is 7.99. The van der Waals surface area contributed by atoms with Gasteiger partial charge in [0.2, 0.25) is 0 Å². The Hall–Kier alpha value is -1.35. The predicted molar refractivity (Wildman–Crippen MR) is 88.5 cm³/mol. The summed E-state index contributed by atoms with van der Waals surface area (Å²) in [6.45, 7) is 0. The molecular weight excluding hydrogens is 412 g/mol. The van der Waals surface area contributed by atoms with Crippen molar-refractivity contribution in [3.8, 4) is 6.07 Å². The molecule has 10 nitrogen and oxygen atoms in total. The van der Waals surface area contributed by atoms with E-state index in [1.807, 2.05) is 0 Å². The minimum absolute atomic E-state index is 0.235. The van der Waals surface area contributed by atoms with E-state index in [9.17, 15) is 20.2 Å². The second-order valence-corrected chi connectivity index (χ2v) is 9.51. The predicted octanol–water partition coefficient (Wildman–Crippen LogP) is 2.68. The van der Waals surface area contributed by atoms with E-state index in [1.165, 1.54) is 0 Å². The van der Waals surface area contributed by atoms with E-state index in [0.717, 1.165) is 25.7 Å². The third-order valence-corrected chi connectivity index (χ3v) is 8.03. The summed E-state index contributed by atoms with van der Waals surface area (Å²) < 4.78 is -0.328. The van der Waals surface area contributed by atoms with E-state index in [0.29, 0.717) is 18.1 Å². The molecule has 1 saturated heterocycles. The highest BCUT2D eigenvalue weighted by molar-refractivity contribution is 9.10. The number of halogens is 1. The maximum absolute atomic E-state index is 11.8. The van der Waals surface area contributed by atoms with Crippen LogP contribution < -0.4 is 0 Å². The van der Waals surface area contributed by atoms with E-state index >= 15 is 0 Å². The molecule has 3 saturated carbocycles. The molecule has 1 spiro atoms. The summed E-state index contributed by atoms with van der Waals surface area (Å²) in [7, 11) is 0. The molecule has 11 heteroatoms. The molecule has 0 radical (unpaired) electrons. The molecule has 0 aromatic heterocycles. The highest BCUT2D eigenvalue weighted by Crippen LogP contribution is 2.60. The number of nitro groups is 2. The third-order valence-electron chi connectivity index (χ3n) is 6.51. The van der Waals surface area contributed by atoms with Gasteiger partial charge in [-0.1, -0.05) is 22.4 Å². The van der Waals surface area contributed by atoms with Crippen LogP contribution in [-0.4, -0.2) is 36.4 Å². The van der Waals surface area contributed by atoms with Crippen molar-refractivity contribution in [2.75, 3.05) is 0 Å². The molecule has 0 amide bonds. The van der Waals surface area contributed by atoms with E-state index < -0.39 is 33.3 Å². The van der Waals surface area contributed by atoms with Gasteiger partial charge < -0.3 is 0 Å². The van der Waals surface area contributed by atoms with Crippen molar-refractivity contribution in [2.45, 2.75) is 79.1 Å². The molecule has 0 aromatic carbocycles. The first-order valence-corrected chi connectivity index (χ1v) is 9.56. The number of hydrogen-bond acceptors (Lipinski definition) is 8. The second kappa shape index (κ2) is 5.58. The largest absolute Gasteiger partial charge is 0.569 e. The molecule has 142 valence electrons. The van der Waals surface area contributed by atoms with Gasteiger partial charge in [0.25, 0.3) is 0 Å². The van der Waals surface area contributed by atoms with Gasteiger partial charge in [0, 0.05) is 0 Å². The number of nitrogens with zero attached hydrogens (tertiary/aromatic N) is 4. The van der Waals surface area contributed by atoms with Crippen LogP contribution in [0.3, 0.4) is 0 Å². The molecule has 4 aliphatic rings. The van der Waals surface area contributed by atoms with Crippen LogP contribution in [0.15, 0.2) is 0 Å². The van der Waals surface area contributed by atoms with Gasteiger partial charge in [-0.15, -0.1) is 0 Å². The van der Waals surface area contributed by atoms with E-state index in [-0.39, 0.29) is 23.1 Å². The van der Waals surface area contributed by atoms with Crippen LogP contribution in [0.25, 0.3) is 0 Å². The van der Waals surface area contributed by atoms with Gasteiger partial charge in [-0.25, -0.2) is 0 Å². The standard InChI is InChI=1S/C15H19BrN4O6/c16-13(3-1-4-13)14(5-2-6-14)26-20-15(18(21)22,19(23)24)10-12(25-20)7-11(8-12)9-17/h11H,1-8,10H2. The smallest absolute Gasteiger partial charge is 0.257 e. The monoisotopic (exact) mass is 430 g/mol. The Morgan fingerprint density at radius 1 is 1.15 bits per heavy atom. The van der Waals surface area contributed by atoms with Crippen molar-refractivity contribution in [1.29, 1.82) is 5.26 Å². The SMILES string of the molecule is N#CC1CC2(C1)CC([N+](=O)[O-])([N+](=O)[O-])N(OC1(C3(Br)CCC3)CCC1)O2. The van der Waals surface area contributed by atoms with Gasteiger partial charge in [-0.2, -0.15) is 5.26 Å². The van der Waals surface area contributed by atoms with Gasteiger partial charge in [0.15, 0.2) is 0 Å². The molecule has 0 atom stereocenters. The summed E-state index contributed by atoms with van der Waals surface area (Å²) in [5, 5.41) is 33.1. The number of hydroxylamine groups is 2. The minimum atomic E-state index is -2.68.